The Balaban J connectivity index is 2.28. The number of rotatable bonds is 5. The minimum atomic E-state index is 0.229. The predicted octanol–water partition coefficient (Wildman–Crippen LogP) is 2.00. The Morgan fingerprint density at radius 1 is 1.50 bits per heavy atom. The fourth-order valence-corrected chi connectivity index (χ4v) is 1.17. The predicted molar refractivity (Wildman–Crippen MR) is 55.6 cm³/mol. The van der Waals surface area contributed by atoms with E-state index in [-0.39, 0.29) is 5.78 Å². The molecule has 0 aliphatic rings. The van der Waals surface area contributed by atoms with Crippen molar-refractivity contribution in [1.29, 1.82) is 0 Å². The van der Waals surface area contributed by atoms with E-state index in [9.17, 15) is 4.79 Å². The number of nitrogens with zero attached hydrogens (tertiary/aromatic N) is 1. The zero-order valence-electron chi connectivity index (χ0n) is 8.07. The molecule has 0 saturated carbocycles. The molecule has 0 unspecified atom stereocenters. The lowest BCUT2D eigenvalue weighted by Crippen LogP contribution is -1.99. The van der Waals surface area contributed by atoms with Crippen molar-refractivity contribution < 1.29 is 4.79 Å². The van der Waals surface area contributed by atoms with Crippen LogP contribution in [-0.2, 0) is 11.2 Å². The molecule has 0 atom stereocenters. The summed E-state index contributed by atoms with van der Waals surface area (Å²) in [6.45, 7) is 0. The Morgan fingerprint density at radius 2 is 2.36 bits per heavy atom. The fourth-order valence-electron chi connectivity index (χ4n) is 1.17. The fraction of sp³-hybridized carbons (Fsp3) is 0.333. The van der Waals surface area contributed by atoms with Crippen LogP contribution in [0.3, 0.4) is 0 Å². The lowest BCUT2D eigenvalue weighted by atomic mass is 10.1. The molecule has 0 amide bonds. The molecular weight excluding hydrogens is 174 g/mol. The van der Waals surface area contributed by atoms with Crippen LogP contribution in [0.25, 0.3) is 0 Å². The first-order valence-electron chi connectivity index (χ1n) is 4.67. The van der Waals surface area contributed by atoms with Crippen molar-refractivity contribution in [3.05, 3.63) is 30.1 Å². The van der Waals surface area contributed by atoms with Crippen LogP contribution in [0.1, 0.15) is 24.8 Å². The quantitative estimate of drug-likeness (QED) is 0.660. The summed E-state index contributed by atoms with van der Waals surface area (Å²) in [6.07, 6.45) is 11.0. The monoisotopic (exact) mass is 187 g/mol. The Labute approximate surface area is 84.4 Å². The summed E-state index contributed by atoms with van der Waals surface area (Å²) >= 11 is 0. The summed E-state index contributed by atoms with van der Waals surface area (Å²) in [7, 11) is 0. The number of hydrogen-bond acceptors (Lipinski definition) is 2. The van der Waals surface area contributed by atoms with Gasteiger partial charge in [0, 0.05) is 31.7 Å². The van der Waals surface area contributed by atoms with Crippen LogP contribution in [0.15, 0.2) is 24.5 Å². The van der Waals surface area contributed by atoms with E-state index in [0.717, 1.165) is 12.0 Å². The van der Waals surface area contributed by atoms with Crippen molar-refractivity contribution in [1.82, 2.24) is 4.98 Å². The molecule has 1 aromatic heterocycles. The van der Waals surface area contributed by atoms with E-state index in [0.29, 0.717) is 19.3 Å². The smallest absolute Gasteiger partial charge is 0.134 e. The SMILES string of the molecule is C#CCCC(=O)CCc1cccnc1. The largest absolute Gasteiger partial charge is 0.300 e. The molecule has 0 radical (unpaired) electrons. The van der Waals surface area contributed by atoms with Gasteiger partial charge in [0.25, 0.3) is 0 Å². The van der Waals surface area contributed by atoms with Crippen molar-refractivity contribution in [2.24, 2.45) is 0 Å². The maximum atomic E-state index is 11.3. The average molecular weight is 187 g/mol. The number of hydrogen-bond donors (Lipinski definition) is 0. The summed E-state index contributed by atoms with van der Waals surface area (Å²) in [6, 6.07) is 3.85. The van der Waals surface area contributed by atoms with E-state index in [4.69, 9.17) is 6.42 Å². The topological polar surface area (TPSA) is 30.0 Å². The van der Waals surface area contributed by atoms with Gasteiger partial charge in [-0.05, 0) is 18.1 Å². The molecule has 0 aromatic carbocycles. The first-order chi connectivity index (χ1) is 6.83. The highest BCUT2D eigenvalue weighted by molar-refractivity contribution is 5.78. The van der Waals surface area contributed by atoms with Gasteiger partial charge in [0.05, 0.1) is 0 Å². The molecule has 0 spiro atoms. The number of carbonyl (C=O) groups is 1. The highest BCUT2D eigenvalue weighted by Crippen LogP contribution is 2.03. The lowest BCUT2D eigenvalue weighted by Gasteiger charge is -1.98. The molecule has 0 fully saturated rings. The second-order valence-electron chi connectivity index (χ2n) is 3.10. The van der Waals surface area contributed by atoms with Crippen LogP contribution < -0.4 is 0 Å². The Kier molecular flexibility index (Phi) is 4.43. The van der Waals surface area contributed by atoms with Gasteiger partial charge in [0.1, 0.15) is 5.78 Å². The highest BCUT2D eigenvalue weighted by atomic mass is 16.1. The highest BCUT2D eigenvalue weighted by Gasteiger charge is 2.01. The number of aryl methyl sites for hydroxylation is 1. The Bertz CT molecular complexity index is 324. The van der Waals surface area contributed by atoms with Gasteiger partial charge >= 0.3 is 0 Å². The van der Waals surface area contributed by atoms with Gasteiger partial charge in [0.2, 0.25) is 0 Å². The molecule has 0 aliphatic carbocycles. The van der Waals surface area contributed by atoms with Gasteiger partial charge in [-0.2, -0.15) is 0 Å². The van der Waals surface area contributed by atoms with Gasteiger partial charge in [0.15, 0.2) is 0 Å². The van der Waals surface area contributed by atoms with Crippen LogP contribution in [0.2, 0.25) is 0 Å². The van der Waals surface area contributed by atoms with Crippen LogP contribution in [0.5, 0.6) is 0 Å². The molecule has 1 heterocycles. The van der Waals surface area contributed by atoms with Crippen molar-refractivity contribution in [2.45, 2.75) is 25.7 Å². The summed E-state index contributed by atoms with van der Waals surface area (Å²) < 4.78 is 0. The van der Waals surface area contributed by atoms with E-state index in [1.54, 1.807) is 12.4 Å². The van der Waals surface area contributed by atoms with Gasteiger partial charge in [-0.1, -0.05) is 6.07 Å². The van der Waals surface area contributed by atoms with Crippen molar-refractivity contribution in [3.63, 3.8) is 0 Å². The summed E-state index contributed by atoms with van der Waals surface area (Å²) in [5.41, 5.74) is 1.10. The summed E-state index contributed by atoms with van der Waals surface area (Å²) in [5, 5.41) is 0. The minimum absolute atomic E-state index is 0.229. The van der Waals surface area contributed by atoms with Gasteiger partial charge in [-0.15, -0.1) is 12.3 Å². The molecule has 1 rings (SSSR count). The molecule has 1 aromatic rings. The number of ketones is 1. The first kappa shape index (κ1) is 10.5. The lowest BCUT2D eigenvalue weighted by molar-refractivity contribution is -0.118. The van der Waals surface area contributed by atoms with E-state index in [2.05, 4.69) is 10.9 Å². The van der Waals surface area contributed by atoms with Crippen molar-refractivity contribution in [3.8, 4) is 12.3 Å². The van der Waals surface area contributed by atoms with E-state index in [1.807, 2.05) is 12.1 Å². The van der Waals surface area contributed by atoms with Gasteiger partial charge < -0.3 is 0 Å². The molecule has 0 aliphatic heterocycles. The van der Waals surface area contributed by atoms with Gasteiger partial charge in [-0.3, -0.25) is 9.78 Å². The zero-order chi connectivity index (χ0) is 10.2. The molecule has 2 nitrogen and oxygen atoms in total. The van der Waals surface area contributed by atoms with Gasteiger partial charge in [-0.25, -0.2) is 0 Å². The normalized spacial score (nSPS) is 9.36. The van der Waals surface area contributed by atoms with Crippen molar-refractivity contribution in [2.75, 3.05) is 0 Å². The number of carbonyl (C=O) groups excluding carboxylic acids is 1. The molecule has 2 heteroatoms. The minimum Gasteiger partial charge on any atom is -0.300 e. The second kappa shape index (κ2) is 5.93. The van der Waals surface area contributed by atoms with Crippen LogP contribution >= 0.6 is 0 Å². The first-order valence-corrected chi connectivity index (χ1v) is 4.67. The molecule has 0 bridgehead atoms. The molecular formula is C12H13NO. The number of Topliss-reactive ketones (excluding diaryl/α,β-unsaturated/α-hetero) is 1. The van der Waals surface area contributed by atoms with E-state index < -0.39 is 0 Å². The standard InChI is InChI=1S/C12H13NO/c1-2-3-6-12(14)8-7-11-5-4-9-13-10-11/h1,4-5,9-10H,3,6-8H2. The maximum Gasteiger partial charge on any atom is 0.134 e. The molecule has 0 saturated heterocycles. The third-order valence-electron chi connectivity index (χ3n) is 1.96. The summed E-state index contributed by atoms with van der Waals surface area (Å²) in [5.74, 6) is 2.69. The molecule has 14 heavy (non-hydrogen) atoms. The third kappa shape index (κ3) is 3.86. The van der Waals surface area contributed by atoms with Crippen LogP contribution in [0, 0.1) is 12.3 Å². The van der Waals surface area contributed by atoms with Crippen LogP contribution in [-0.4, -0.2) is 10.8 Å². The second-order valence-corrected chi connectivity index (χ2v) is 3.10. The Hall–Kier alpha value is -1.62. The molecule has 0 N–H and O–H groups in total. The number of terminal acetylenes is 1. The zero-order valence-corrected chi connectivity index (χ0v) is 8.07. The average Bonchev–Trinajstić information content (AvgIpc) is 2.25. The van der Waals surface area contributed by atoms with Crippen LogP contribution in [0.4, 0.5) is 0 Å². The van der Waals surface area contributed by atoms with E-state index in [1.165, 1.54) is 0 Å². The number of pyridine rings is 1. The Morgan fingerprint density at radius 3 is 3.00 bits per heavy atom. The third-order valence-corrected chi connectivity index (χ3v) is 1.96. The summed E-state index contributed by atoms with van der Waals surface area (Å²) in [4.78, 5) is 15.2. The molecule has 72 valence electrons. The number of aromatic nitrogens is 1. The maximum absolute atomic E-state index is 11.3. The van der Waals surface area contributed by atoms with E-state index >= 15 is 0 Å². The van der Waals surface area contributed by atoms with Crippen molar-refractivity contribution >= 4 is 5.78 Å².